The highest BCUT2D eigenvalue weighted by Gasteiger charge is 2.56. The predicted octanol–water partition coefficient (Wildman–Crippen LogP) is 1.34. The third kappa shape index (κ3) is 2.00. The zero-order chi connectivity index (χ0) is 8.58. The lowest BCUT2D eigenvalue weighted by Gasteiger charge is -2.24. The smallest absolute Gasteiger partial charge is 0.205 e. The first kappa shape index (κ1) is 10.5. The lowest BCUT2D eigenvalue weighted by Crippen LogP contribution is -2.33. The fourth-order valence-electron chi connectivity index (χ4n) is 0.346. The van der Waals surface area contributed by atoms with Crippen molar-refractivity contribution in [3.8, 4) is 0 Å². The molecule has 10 heavy (non-hydrogen) atoms. The van der Waals surface area contributed by atoms with Crippen LogP contribution in [0.25, 0.3) is 0 Å². The van der Waals surface area contributed by atoms with Crippen molar-refractivity contribution in [2.75, 3.05) is 0 Å². The Bertz CT molecular complexity index is 119. The second-order valence-electron chi connectivity index (χ2n) is 3.38. The summed E-state index contributed by atoms with van der Waals surface area (Å²) in [5.74, 6) is 0. The van der Waals surface area contributed by atoms with Crippen LogP contribution < -0.4 is 0 Å². The van der Waals surface area contributed by atoms with Gasteiger partial charge in [0.2, 0.25) is 0 Å². The second-order valence-corrected chi connectivity index (χ2v) is 14.2. The summed E-state index contributed by atoms with van der Waals surface area (Å²) in [5, 5.41) is 0. The molecule has 0 saturated heterocycles. The lowest BCUT2D eigenvalue weighted by atomic mass is 10.6. The van der Waals surface area contributed by atoms with E-state index in [1.165, 1.54) is 0 Å². The van der Waals surface area contributed by atoms with Gasteiger partial charge in [-0.2, -0.15) is 0 Å². The van der Waals surface area contributed by atoms with Crippen molar-refractivity contribution in [2.24, 2.45) is 0 Å². The maximum Gasteiger partial charge on any atom is 0.346 e. The van der Waals surface area contributed by atoms with Crippen molar-refractivity contribution in [1.29, 1.82) is 0 Å². The van der Waals surface area contributed by atoms with Gasteiger partial charge in [-0.05, 0) is 18.6 Å². The Balaban J connectivity index is 4.40. The van der Waals surface area contributed by atoms with Gasteiger partial charge >= 0.3 is 15.2 Å². The van der Waals surface area contributed by atoms with Gasteiger partial charge in [0, 0.05) is 0 Å². The monoisotopic (exact) mass is 183 g/mol. The first-order valence-corrected chi connectivity index (χ1v) is 8.83. The van der Waals surface area contributed by atoms with Gasteiger partial charge in [0.25, 0.3) is 0 Å². The molecule has 0 fully saturated rings. The highest BCUT2D eigenvalue weighted by molar-refractivity contribution is 7.96. The van der Waals surface area contributed by atoms with Gasteiger partial charge in [0.05, 0.1) is 0 Å². The molecule has 0 rings (SSSR count). The van der Waals surface area contributed by atoms with E-state index < -0.39 is 15.2 Å². The van der Waals surface area contributed by atoms with Gasteiger partial charge < -0.3 is 0 Å². The molecule has 0 heterocycles. The normalized spacial score (nSPS) is 14.4. The summed E-state index contributed by atoms with van der Waals surface area (Å²) in [5.41, 5.74) is 0.195. The number of rotatable bonds is 2. The highest BCUT2D eigenvalue weighted by atomic mass is 31.5. The first-order valence-electron chi connectivity index (χ1n) is 3.27. The van der Waals surface area contributed by atoms with Crippen LogP contribution in [0.4, 0.5) is 0 Å². The summed E-state index contributed by atoms with van der Waals surface area (Å²) in [6, 6.07) is 0. The van der Waals surface area contributed by atoms with Crippen molar-refractivity contribution in [3.63, 3.8) is 0 Å². The van der Waals surface area contributed by atoms with Crippen LogP contribution in [0, 0.1) is 0 Å². The van der Waals surface area contributed by atoms with Crippen molar-refractivity contribution in [2.45, 2.75) is 32.5 Å². The van der Waals surface area contributed by atoms with Crippen molar-refractivity contribution >= 4 is 15.2 Å². The Hall–Kier alpha value is 0.527. The standard InChI is InChI=1S/C5H16O3PSi/c1-5(2)10(3,4)9(6,7)8/h5-8H,1-4H3/q+1. The molecular weight excluding hydrogens is 167 g/mol. The average Bonchev–Trinajstić information content (AvgIpc) is 1.62. The molecule has 0 unspecified atom stereocenters. The minimum atomic E-state index is -3.54. The molecule has 3 nitrogen and oxygen atoms in total. The molecule has 0 bridgehead atoms. The third-order valence-electron chi connectivity index (χ3n) is 2.19. The molecule has 0 atom stereocenters. The van der Waals surface area contributed by atoms with E-state index in [-0.39, 0.29) is 5.54 Å². The predicted molar refractivity (Wildman–Crippen MR) is 46.2 cm³/mol. The van der Waals surface area contributed by atoms with E-state index in [1.54, 1.807) is 13.1 Å². The zero-order valence-electron chi connectivity index (χ0n) is 6.87. The zero-order valence-corrected chi connectivity index (χ0v) is 8.76. The van der Waals surface area contributed by atoms with Crippen LogP contribution in [0.1, 0.15) is 13.8 Å². The molecule has 0 spiro atoms. The van der Waals surface area contributed by atoms with Crippen molar-refractivity contribution < 1.29 is 14.7 Å². The lowest BCUT2D eigenvalue weighted by molar-refractivity contribution is 0.350. The van der Waals surface area contributed by atoms with Crippen LogP contribution in [-0.2, 0) is 0 Å². The molecule has 0 aliphatic carbocycles. The summed E-state index contributed by atoms with van der Waals surface area (Å²) < 4.78 is 0. The minimum absolute atomic E-state index is 0.195. The Labute approximate surface area is 63.2 Å². The molecule has 0 aromatic rings. The molecule has 0 amide bonds. The third-order valence-corrected chi connectivity index (χ3v) is 12.7. The number of hydrogen-bond acceptors (Lipinski definition) is 3. The highest BCUT2D eigenvalue weighted by Crippen LogP contribution is 2.59. The summed E-state index contributed by atoms with van der Waals surface area (Å²) >= 11 is 0. The van der Waals surface area contributed by atoms with Gasteiger partial charge in [0.1, 0.15) is 0 Å². The molecule has 0 aliphatic heterocycles. The Morgan fingerprint density at radius 3 is 1.40 bits per heavy atom. The van der Waals surface area contributed by atoms with Crippen LogP contribution in [0.2, 0.25) is 18.6 Å². The van der Waals surface area contributed by atoms with Gasteiger partial charge in [-0.3, -0.25) is 0 Å². The maximum atomic E-state index is 9.00. The van der Waals surface area contributed by atoms with E-state index in [0.29, 0.717) is 0 Å². The molecule has 0 aromatic heterocycles. The fourth-order valence-corrected chi connectivity index (χ4v) is 3.12. The average molecular weight is 183 g/mol. The first-order chi connectivity index (χ1) is 4.19. The van der Waals surface area contributed by atoms with Crippen molar-refractivity contribution in [3.05, 3.63) is 0 Å². The van der Waals surface area contributed by atoms with Crippen LogP contribution >= 0.6 is 7.49 Å². The summed E-state index contributed by atoms with van der Waals surface area (Å²) in [4.78, 5) is 27.0. The topological polar surface area (TPSA) is 60.7 Å². The molecule has 0 aliphatic rings. The molecule has 0 saturated carbocycles. The van der Waals surface area contributed by atoms with Gasteiger partial charge in [0.15, 0.2) is 0 Å². The van der Waals surface area contributed by atoms with Crippen molar-refractivity contribution in [1.82, 2.24) is 0 Å². The quantitative estimate of drug-likeness (QED) is 0.447. The van der Waals surface area contributed by atoms with Crippen LogP contribution in [0.5, 0.6) is 0 Å². The Morgan fingerprint density at radius 1 is 1.10 bits per heavy atom. The maximum absolute atomic E-state index is 9.00. The van der Waals surface area contributed by atoms with E-state index in [1.807, 2.05) is 13.8 Å². The van der Waals surface area contributed by atoms with Gasteiger partial charge in [-0.1, -0.05) is 13.8 Å². The van der Waals surface area contributed by atoms with E-state index >= 15 is 0 Å². The second kappa shape index (κ2) is 2.87. The SMILES string of the molecule is CC(C)[Si](C)(C)[P+](O)(O)O. The van der Waals surface area contributed by atoms with E-state index in [2.05, 4.69) is 0 Å². The largest absolute Gasteiger partial charge is 0.346 e. The molecule has 62 valence electrons. The van der Waals surface area contributed by atoms with Gasteiger partial charge in [-0.25, -0.2) is 14.7 Å². The van der Waals surface area contributed by atoms with E-state index in [0.717, 1.165) is 0 Å². The molecule has 3 N–H and O–H groups in total. The Kier molecular flexibility index (Phi) is 3.02. The summed E-state index contributed by atoms with van der Waals surface area (Å²) in [7, 11) is -5.74. The Morgan fingerprint density at radius 2 is 1.40 bits per heavy atom. The number of hydrogen-bond donors (Lipinski definition) is 3. The van der Waals surface area contributed by atoms with Gasteiger partial charge in [-0.15, -0.1) is 0 Å². The molecule has 0 aromatic carbocycles. The summed E-state index contributed by atoms with van der Waals surface area (Å²) in [6.45, 7) is 7.38. The fraction of sp³-hybridized carbons (Fsp3) is 1.00. The van der Waals surface area contributed by atoms with Crippen LogP contribution in [0.3, 0.4) is 0 Å². The van der Waals surface area contributed by atoms with Crippen LogP contribution in [0.15, 0.2) is 0 Å². The molecule has 0 radical (unpaired) electrons. The van der Waals surface area contributed by atoms with E-state index in [4.69, 9.17) is 14.7 Å². The van der Waals surface area contributed by atoms with E-state index in [9.17, 15) is 0 Å². The molecule has 5 heteroatoms. The molecular formula is C5H16O3PSi+. The minimum Gasteiger partial charge on any atom is -0.205 e. The van der Waals surface area contributed by atoms with Crippen LogP contribution in [-0.4, -0.2) is 22.4 Å². The summed E-state index contributed by atoms with van der Waals surface area (Å²) in [6.07, 6.45) is 0.